The molecule has 0 radical (unpaired) electrons. The van der Waals surface area contributed by atoms with Gasteiger partial charge in [0, 0.05) is 65.1 Å². The Bertz CT molecular complexity index is 3090. The van der Waals surface area contributed by atoms with Crippen LogP contribution in [0.25, 0.3) is 99.3 Å². The SMILES string of the molecule is CC1CC=Cc2c1n(-c1ccc(-c3nc(-c4ccccc4)nc(-c4ccccc4)n3)cc1)c1ccc(-c3cccc4c3sc3c(-c5ccccc5)cccc34)cc21. The average molecular weight is 749 g/mol. The third kappa shape index (κ3) is 5.70. The van der Waals surface area contributed by atoms with Gasteiger partial charge < -0.3 is 4.57 Å². The van der Waals surface area contributed by atoms with Gasteiger partial charge in [0.1, 0.15) is 0 Å². The van der Waals surface area contributed by atoms with Gasteiger partial charge in [-0.1, -0.05) is 153 Å². The summed E-state index contributed by atoms with van der Waals surface area (Å²) in [5.74, 6) is 2.34. The largest absolute Gasteiger partial charge is 0.313 e. The number of rotatable bonds is 6. The first-order valence-electron chi connectivity index (χ1n) is 19.5. The van der Waals surface area contributed by atoms with E-state index in [2.05, 4.69) is 133 Å². The van der Waals surface area contributed by atoms with Gasteiger partial charge in [-0.2, -0.15) is 0 Å². The van der Waals surface area contributed by atoms with Gasteiger partial charge in [-0.3, -0.25) is 0 Å². The smallest absolute Gasteiger partial charge is 0.164 e. The second kappa shape index (κ2) is 13.7. The molecule has 0 fully saturated rings. The zero-order valence-electron chi connectivity index (χ0n) is 31.3. The third-order valence-corrected chi connectivity index (χ3v) is 12.6. The number of aromatic nitrogens is 4. The van der Waals surface area contributed by atoms with Gasteiger partial charge >= 0.3 is 0 Å². The second-order valence-corrected chi connectivity index (χ2v) is 15.8. The lowest BCUT2D eigenvalue weighted by atomic mass is 9.92. The Morgan fingerprint density at radius 3 is 1.58 bits per heavy atom. The first kappa shape index (κ1) is 33.4. The monoisotopic (exact) mass is 748 g/mol. The third-order valence-electron chi connectivity index (χ3n) is 11.3. The Morgan fingerprint density at radius 1 is 0.491 bits per heavy atom. The summed E-state index contributed by atoms with van der Waals surface area (Å²) in [6, 6.07) is 60.3. The van der Waals surface area contributed by atoms with Crippen molar-refractivity contribution in [3.63, 3.8) is 0 Å². The van der Waals surface area contributed by atoms with Crippen LogP contribution in [0.3, 0.4) is 0 Å². The number of benzene rings is 7. The minimum absolute atomic E-state index is 0.369. The summed E-state index contributed by atoms with van der Waals surface area (Å²) in [6.07, 6.45) is 5.67. The van der Waals surface area contributed by atoms with Gasteiger partial charge in [-0.25, -0.2) is 15.0 Å². The molecule has 11 rings (SSSR count). The van der Waals surface area contributed by atoms with Crippen LogP contribution in [-0.4, -0.2) is 19.5 Å². The predicted octanol–water partition coefficient (Wildman–Crippen LogP) is 14.0. The molecule has 10 aromatic rings. The van der Waals surface area contributed by atoms with Crippen molar-refractivity contribution < 1.29 is 0 Å². The fraction of sp³-hybridized carbons (Fsp3) is 0.0577. The van der Waals surface area contributed by atoms with Gasteiger partial charge in [0.15, 0.2) is 17.5 Å². The molecule has 0 aliphatic heterocycles. The maximum absolute atomic E-state index is 4.98. The lowest BCUT2D eigenvalue weighted by molar-refractivity contribution is 0.723. The molecule has 1 unspecified atom stereocenters. The number of hydrogen-bond donors (Lipinski definition) is 0. The van der Waals surface area contributed by atoms with E-state index in [1.807, 2.05) is 72.0 Å². The topological polar surface area (TPSA) is 43.6 Å². The van der Waals surface area contributed by atoms with E-state index in [0.29, 0.717) is 23.4 Å². The average Bonchev–Trinajstić information content (AvgIpc) is 3.84. The fourth-order valence-corrected chi connectivity index (χ4v) is 9.90. The molecule has 0 spiro atoms. The van der Waals surface area contributed by atoms with Crippen molar-refractivity contribution in [2.45, 2.75) is 19.3 Å². The summed E-state index contributed by atoms with van der Waals surface area (Å²) in [7, 11) is 0. The van der Waals surface area contributed by atoms with Crippen LogP contribution in [0.4, 0.5) is 0 Å². The molecule has 1 atom stereocenters. The van der Waals surface area contributed by atoms with Crippen molar-refractivity contribution in [2.24, 2.45) is 0 Å². The van der Waals surface area contributed by atoms with Crippen molar-refractivity contribution >= 4 is 48.5 Å². The quantitative estimate of drug-likeness (QED) is 0.170. The first-order chi connectivity index (χ1) is 28.2. The van der Waals surface area contributed by atoms with E-state index in [0.717, 1.165) is 28.8 Å². The molecule has 57 heavy (non-hydrogen) atoms. The highest BCUT2D eigenvalue weighted by Crippen LogP contribution is 2.46. The van der Waals surface area contributed by atoms with Gasteiger partial charge in [0.2, 0.25) is 0 Å². The molecule has 4 nitrogen and oxygen atoms in total. The highest BCUT2D eigenvalue weighted by Gasteiger charge is 2.24. The van der Waals surface area contributed by atoms with Crippen LogP contribution in [0, 0.1) is 0 Å². The summed E-state index contributed by atoms with van der Waals surface area (Å²) >= 11 is 1.91. The summed E-state index contributed by atoms with van der Waals surface area (Å²) < 4.78 is 5.13. The highest BCUT2D eigenvalue weighted by molar-refractivity contribution is 7.26. The summed E-state index contributed by atoms with van der Waals surface area (Å²) in [4.78, 5) is 14.9. The molecule has 3 heterocycles. The molecular formula is C52H36N4S. The summed E-state index contributed by atoms with van der Waals surface area (Å²) in [5, 5.41) is 3.89. The van der Waals surface area contributed by atoms with Gasteiger partial charge in [0.25, 0.3) is 0 Å². The first-order valence-corrected chi connectivity index (χ1v) is 20.3. The lowest BCUT2D eigenvalue weighted by Gasteiger charge is -2.19. The molecule has 0 saturated carbocycles. The van der Waals surface area contributed by atoms with E-state index in [-0.39, 0.29) is 0 Å². The number of nitrogens with zero attached hydrogens (tertiary/aromatic N) is 4. The maximum Gasteiger partial charge on any atom is 0.164 e. The maximum atomic E-state index is 4.98. The Kier molecular flexibility index (Phi) is 8.00. The second-order valence-electron chi connectivity index (χ2n) is 14.8. The van der Waals surface area contributed by atoms with Crippen LogP contribution in [0.5, 0.6) is 0 Å². The molecule has 1 aliphatic carbocycles. The minimum atomic E-state index is 0.369. The predicted molar refractivity (Wildman–Crippen MR) is 239 cm³/mol. The van der Waals surface area contributed by atoms with E-state index in [1.54, 1.807) is 0 Å². The van der Waals surface area contributed by atoms with Crippen molar-refractivity contribution in [1.82, 2.24) is 19.5 Å². The zero-order chi connectivity index (χ0) is 37.9. The molecular weight excluding hydrogens is 713 g/mol. The minimum Gasteiger partial charge on any atom is -0.313 e. The molecule has 1 aliphatic rings. The molecule has 0 bridgehead atoms. The van der Waals surface area contributed by atoms with Crippen LogP contribution in [0.2, 0.25) is 0 Å². The van der Waals surface area contributed by atoms with E-state index in [1.165, 1.54) is 64.6 Å². The molecule has 0 saturated heterocycles. The van der Waals surface area contributed by atoms with E-state index in [9.17, 15) is 0 Å². The van der Waals surface area contributed by atoms with E-state index < -0.39 is 0 Å². The molecule has 0 amide bonds. The van der Waals surface area contributed by atoms with E-state index in [4.69, 9.17) is 15.0 Å². The lowest BCUT2D eigenvalue weighted by Crippen LogP contribution is -2.07. The van der Waals surface area contributed by atoms with Gasteiger partial charge in [-0.15, -0.1) is 11.3 Å². The van der Waals surface area contributed by atoms with Gasteiger partial charge in [-0.05, 0) is 65.1 Å². The van der Waals surface area contributed by atoms with Crippen LogP contribution in [-0.2, 0) is 0 Å². The number of thiophene rings is 1. The van der Waals surface area contributed by atoms with Crippen LogP contribution in [0.15, 0.2) is 176 Å². The van der Waals surface area contributed by atoms with Crippen LogP contribution in [0.1, 0.15) is 30.5 Å². The molecule has 3 aromatic heterocycles. The summed E-state index contributed by atoms with van der Waals surface area (Å²) in [6.45, 7) is 2.34. The zero-order valence-corrected chi connectivity index (χ0v) is 32.1. The summed E-state index contributed by atoms with van der Waals surface area (Å²) in [5.41, 5.74) is 12.9. The number of fused-ring (bicyclic) bond motifs is 6. The standard InChI is InChI=1S/C52H36N4S/c1-33-14-11-23-42-45-32-38(41-22-13-25-44-43-24-12-21-40(48(43)57-49(41)44)34-15-5-2-6-16-34)28-31-46(45)56(47(33)42)39-29-26-37(27-30-39)52-54-50(35-17-7-3-8-18-35)53-51(55-52)36-19-9-4-10-20-36/h2-13,15-33H,14H2,1H3. The molecule has 270 valence electrons. The van der Waals surface area contributed by atoms with Crippen molar-refractivity contribution in [1.29, 1.82) is 0 Å². The number of allylic oxidation sites excluding steroid dienone is 1. The molecule has 5 heteroatoms. The Morgan fingerprint density at radius 2 is 1.00 bits per heavy atom. The molecule has 0 N–H and O–H groups in total. The van der Waals surface area contributed by atoms with Crippen molar-refractivity contribution in [3.8, 4) is 62.1 Å². The van der Waals surface area contributed by atoms with Crippen molar-refractivity contribution in [3.05, 3.63) is 187 Å². The molecule has 7 aromatic carbocycles. The Balaban J connectivity index is 1.03. The highest BCUT2D eigenvalue weighted by atomic mass is 32.1. The van der Waals surface area contributed by atoms with Crippen LogP contribution < -0.4 is 0 Å². The Labute approximate surface area is 335 Å². The fourth-order valence-electron chi connectivity index (χ4n) is 8.53. The Hall–Kier alpha value is -6.95. The number of hydrogen-bond acceptors (Lipinski definition) is 4. The van der Waals surface area contributed by atoms with E-state index >= 15 is 0 Å². The van der Waals surface area contributed by atoms with Gasteiger partial charge in [0.05, 0.1) is 5.52 Å². The van der Waals surface area contributed by atoms with Crippen molar-refractivity contribution in [2.75, 3.05) is 0 Å². The normalized spacial score (nSPS) is 13.7. The van der Waals surface area contributed by atoms with Crippen LogP contribution >= 0.6 is 11.3 Å².